The summed E-state index contributed by atoms with van der Waals surface area (Å²) in [5.41, 5.74) is 1.14. The van der Waals surface area contributed by atoms with E-state index in [9.17, 15) is 4.79 Å². The maximum atomic E-state index is 12.7. The molecule has 1 aliphatic rings. The molecule has 7 heteroatoms. The van der Waals surface area contributed by atoms with Crippen molar-refractivity contribution < 1.29 is 13.7 Å². The lowest BCUT2D eigenvalue weighted by Crippen LogP contribution is -2.41. The third-order valence-electron chi connectivity index (χ3n) is 5.46. The van der Waals surface area contributed by atoms with Crippen molar-refractivity contribution in [2.45, 2.75) is 25.8 Å². The van der Waals surface area contributed by atoms with Crippen LogP contribution in [0.4, 0.5) is 0 Å². The standard InChI is InChI=1S/C22H24BrN3O3/c1-15-8-10-26(11-9-15)19(20-3-2-12-28-20)14-24-22(27)18-13-21(29-25-18)16-4-6-17(23)7-5-16/h2-7,12-13,15,19H,8-11,14H2,1H3,(H,24,27)/t19-/m0/s1. The highest BCUT2D eigenvalue weighted by atomic mass is 79.9. The van der Waals surface area contributed by atoms with Gasteiger partial charge in [-0.25, -0.2) is 0 Å². The molecule has 0 bridgehead atoms. The van der Waals surface area contributed by atoms with E-state index in [0.717, 1.165) is 47.6 Å². The smallest absolute Gasteiger partial charge is 0.273 e. The average molecular weight is 458 g/mol. The molecule has 1 N–H and O–H groups in total. The van der Waals surface area contributed by atoms with Crippen molar-refractivity contribution in [3.63, 3.8) is 0 Å². The summed E-state index contributed by atoms with van der Waals surface area (Å²) in [5, 5.41) is 6.94. The van der Waals surface area contributed by atoms with Crippen LogP contribution in [-0.2, 0) is 0 Å². The Balaban J connectivity index is 1.42. The van der Waals surface area contributed by atoms with E-state index in [4.69, 9.17) is 8.94 Å². The van der Waals surface area contributed by atoms with Crippen molar-refractivity contribution in [3.05, 3.63) is 64.7 Å². The van der Waals surface area contributed by atoms with Crippen LogP contribution >= 0.6 is 15.9 Å². The largest absolute Gasteiger partial charge is 0.468 e. The maximum Gasteiger partial charge on any atom is 0.273 e. The van der Waals surface area contributed by atoms with Crippen LogP contribution in [0.2, 0.25) is 0 Å². The lowest BCUT2D eigenvalue weighted by atomic mass is 9.97. The molecular weight excluding hydrogens is 434 g/mol. The van der Waals surface area contributed by atoms with Gasteiger partial charge < -0.3 is 14.3 Å². The second-order valence-electron chi connectivity index (χ2n) is 7.54. The van der Waals surface area contributed by atoms with Gasteiger partial charge in [-0.2, -0.15) is 0 Å². The molecule has 29 heavy (non-hydrogen) atoms. The SMILES string of the molecule is CC1CCN([C@@H](CNC(=O)c2cc(-c3ccc(Br)cc3)on2)c2ccco2)CC1. The van der Waals surface area contributed by atoms with Crippen LogP contribution in [-0.4, -0.2) is 35.6 Å². The number of halogens is 1. The van der Waals surface area contributed by atoms with Gasteiger partial charge in [0.15, 0.2) is 11.5 Å². The number of rotatable bonds is 6. The fourth-order valence-corrected chi connectivity index (χ4v) is 3.91. The van der Waals surface area contributed by atoms with E-state index < -0.39 is 0 Å². The minimum atomic E-state index is -0.251. The number of benzene rings is 1. The van der Waals surface area contributed by atoms with E-state index in [1.165, 1.54) is 0 Å². The molecule has 4 rings (SSSR count). The van der Waals surface area contributed by atoms with Crippen molar-refractivity contribution >= 4 is 21.8 Å². The van der Waals surface area contributed by atoms with Crippen molar-refractivity contribution in [2.24, 2.45) is 5.92 Å². The Kier molecular flexibility index (Phi) is 6.16. The summed E-state index contributed by atoms with van der Waals surface area (Å²) in [5.74, 6) is 1.93. The van der Waals surface area contributed by atoms with Crippen molar-refractivity contribution in [1.29, 1.82) is 0 Å². The maximum absolute atomic E-state index is 12.7. The lowest BCUT2D eigenvalue weighted by Gasteiger charge is -2.35. The van der Waals surface area contributed by atoms with Gasteiger partial charge in [0.2, 0.25) is 0 Å². The molecular formula is C22H24BrN3O3. The van der Waals surface area contributed by atoms with Gasteiger partial charge in [0.05, 0.1) is 12.3 Å². The summed E-state index contributed by atoms with van der Waals surface area (Å²) in [7, 11) is 0. The monoisotopic (exact) mass is 457 g/mol. The molecule has 152 valence electrons. The van der Waals surface area contributed by atoms with Gasteiger partial charge in [-0.15, -0.1) is 0 Å². The van der Waals surface area contributed by atoms with E-state index in [2.05, 4.69) is 38.2 Å². The Morgan fingerprint density at radius 3 is 2.72 bits per heavy atom. The minimum absolute atomic E-state index is 0.0132. The first-order valence-corrected chi connectivity index (χ1v) is 10.7. The molecule has 6 nitrogen and oxygen atoms in total. The predicted octanol–water partition coefficient (Wildman–Crippen LogP) is 4.90. The topological polar surface area (TPSA) is 71.5 Å². The number of amides is 1. The third-order valence-corrected chi connectivity index (χ3v) is 5.99. The van der Waals surface area contributed by atoms with Crippen LogP contribution in [0.15, 0.2) is 62.1 Å². The molecule has 1 aromatic carbocycles. The Labute approximate surface area is 178 Å². The van der Waals surface area contributed by atoms with Gasteiger partial charge in [0.1, 0.15) is 5.76 Å². The van der Waals surface area contributed by atoms with Crippen LogP contribution in [0.1, 0.15) is 42.1 Å². The molecule has 1 aliphatic heterocycles. The number of furan rings is 1. The molecule has 1 amide bonds. The van der Waals surface area contributed by atoms with Crippen LogP contribution in [0, 0.1) is 5.92 Å². The van der Waals surface area contributed by atoms with Crippen LogP contribution in [0.25, 0.3) is 11.3 Å². The van der Waals surface area contributed by atoms with E-state index in [1.807, 2.05) is 36.4 Å². The van der Waals surface area contributed by atoms with Crippen LogP contribution < -0.4 is 5.32 Å². The first-order chi connectivity index (χ1) is 14.1. The van der Waals surface area contributed by atoms with Gasteiger partial charge in [-0.05, 0) is 56.1 Å². The molecule has 0 saturated carbocycles. The number of carbonyl (C=O) groups is 1. The molecule has 0 unspecified atom stereocenters. The third kappa shape index (κ3) is 4.79. The number of nitrogens with one attached hydrogen (secondary N) is 1. The van der Waals surface area contributed by atoms with Crippen LogP contribution in [0.3, 0.4) is 0 Å². The second kappa shape index (κ2) is 8.97. The number of aromatic nitrogens is 1. The number of carbonyl (C=O) groups excluding carboxylic acids is 1. The average Bonchev–Trinajstić information content (AvgIpc) is 3.42. The second-order valence-corrected chi connectivity index (χ2v) is 8.46. The fraction of sp³-hybridized carbons (Fsp3) is 0.364. The van der Waals surface area contributed by atoms with Crippen molar-refractivity contribution in [1.82, 2.24) is 15.4 Å². The van der Waals surface area contributed by atoms with E-state index in [0.29, 0.717) is 12.3 Å². The van der Waals surface area contributed by atoms with Gasteiger partial charge in [0, 0.05) is 22.6 Å². The van der Waals surface area contributed by atoms with E-state index in [-0.39, 0.29) is 17.6 Å². The lowest BCUT2D eigenvalue weighted by molar-refractivity contribution is 0.0887. The number of likely N-dealkylation sites (tertiary alicyclic amines) is 1. The molecule has 2 aromatic heterocycles. The molecule has 0 aliphatic carbocycles. The van der Waals surface area contributed by atoms with Crippen LogP contribution in [0.5, 0.6) is 0 Å². The highest BCUT2D eigenvalue weighted by Crippen LogP contribution is 2.27. The summed E-state index contributed by atoms with van der Waals surface area (Å²) >= 11 is 3.41. The fourth-order valence-electron chi connectivity index (χ4n) is 3.64. The summed E-state index contributed by atoms with van der Waals surface area (Å²) < 4.78 is 12.0. The highest BCUT2D eigenvalue weighted by Gasteiger charge is 2.27. The molecule has 0 radical (unpaired) electrons. The highest BCUT2D eigenvalue weighted by molar-refractivity contribution is 9.10. The number of hydrogen-bond donors (Lipinski definition) is 1. The van der Waals surface area contributed by atoms with Gasteiger partial charge in [0.25, 0.3) is 5.91 Å². The summed E-state index contributed by atoms with van der Waals surface area (Å²) in [6.07, 6.45) is 3.99. The van der Waals surface area contributed by atoms with Gasteiger partial charge >= 0.3 is 0 Å². The number of nitrogens with zero attached hydrogens (tertiary/aromatic N) is 2. The Morgan fingerprint density at radius 2 is 2.03 bits per heavy atom. The van der Waals surface area contributed by atoms with Gasteiger partial charge in [-0.1, -0.05) is 40.1 Å². The van der Waals surface area contributed by atoms with E-state index in [1.54, 1.807) is 12.3 Å². The first-order valence-electron chi connectivity index (χ1n) is 9.88. The summed E-state index contributed by atoms with van der Waals surface area (Å²) in [6.45, 7) is 4.75. The van der Waals surface area contributed by atoms with Crippen molar-refractivity contribution in [2.75, 3.05) is 19.6 Å². The zero-order chi connectivity index (χ0) is 20.2. The predicted molar refractivity (Wildman–Crippen MR) is 113 cm³/mol. The summed E-state index contributed by atoms with van der Waals surface area (Å²) in [6, 6.07) is 13.2. The molecule has 1 fully saturated rings. The van der Waals surface area contributed by atoms with E-state index >= 15 is 0 Å². The summed E-state index contributed by atoms with van der Waals surface area (Å²) in [4.78, 5) is 15.0. The quantitative estimate of drug-likeness (QED) is 0.569. The number of piperidine rings is 1. The molecule has 1 saturated heterocycles. The Hall–Kier alpha value is -2.38. The molecule has 0 spiro atoms. The zero-order valence-electron chi connectivity index (χ0n) is 16.3. The van der Waals surface area contributed by atoms with Crippen molar-refractivity contribution in [3.8, 4) is 11.3 Å². The minimum Gasteiger partial charge on any atom is -0.468 e. The normalized spacial score (nSPS) is 16.6. The zero-order valence-corrected chi connectivity index (χ0v) is 17.9. The van der Waals surface area contributed by atoms with Gasteiger partial charge in [-0.3, -0.25) is 9.69 Å². The molecule has 3 heterocycles. The first kappa shape index (κ1) is 19.9. The molecule has 1 atom stereocenters. The Morgan fingerprint density at radius 1 is 1.28 bits per heavy atom. The Bertz CT molecular complexity index is 929. The number of hydrogen-bond acceptors (Lipinski definition) is 5. The molecule has 3 aromatic rings.